The Balaban J connectivity index is 2.88. The lowest BCUT2D eigenvalue weighted by Gasteiger charge is -2.04. The summed E-state index contributed by atoms with van der Waals surface area (Å²) in [4.78, 5) is 0. The molecule has 0 fully saturated rings. The summed E-state index contributed by atoms with van der Waals surface area (Å²) < 4.78 is 1.24. The molecule has 1 atom stereocenters. The van der Waals surface area contributed by atoms with Gasteiger partial charge in [-0.05, 0) is 18.8 Å². The normalized spacial score (nSPS) is 13.7. The number of halogens is 1. The summed E-state index contributed by atoms with van der Waals surface area (Å²) in [5.41, 5.74) is 0. The molecule has 0 aromatic rings. The molecule has 1 nitrogen and oxygen atoms in total. The van der Waals surface area contributed by atoms with E-state index in [1.54, 1.807) is 0 Å². The highest BCUT2D eigenvalue weighted by Crippen LogP contribution is 2.09. The van der Waals surface area contributed by atoms with E-state index in [9.17, 15) is 0 Å². The van der Waals surface area contributed by atoms with E-state index in [2.05, 4.69) is 29.5 Å². The summed E-state index contributed by atoms with van der Waals surface area (Å²) in [5.74, 6) is 0.831. The van der Waals surface area contributed by atoms with Crippen LogP contribution >= 0.6 is 22.6 Å². The minimum absolute atomic E-state index is 0.355. The molecule has 0 unspecified atom stereocenters. The van der Waals surface area contributed by atoms with E-state index in [1.807, 2.05) is 0 Å². The first-order chi connectivity index (χ1) is 4.31. The lowest BCUT2D eigenvalue weighted by atomic mass is 10.1. The van der Waals surface area contributed by atoms with Crippen LogP contribution in [0.2, 0.25) is 0 Å². The second-order valence-corrected chi connectivity index (χ2v) is 3.36. The van der Waals surface area contributed by atoms with Gasteiger partial charge in [0.1, 0.15) is 0 Å². The van der Waals surface area contributed by atoms with Crippen LogP contribution in [0.15, 0.2) is 0 Å². The molecular formula is C7H15IO. The Morgan fingerprint density at radius 3 is 2.56 bits per heavy atom. The predicted molar refractivity (Wildman–Crippen MR) is 49.0 cm³/mol. The van der Waals surface area contributed by atoms with Gasteiger partial charge in [-0.15, -0.1) is 0 Å². The van der Waals surface area contributed by atoms with Crippen molar-refractivity contribution >= 4 is 22.6 Å². The molecule has 9 heavy (non-hydrogen) atoms. The molecule has 0 aromatic heterocycles. The quantitative estimate of drug-likeness (QED) is 0.445. The maximum Gasteiger partial charge on any atom is 0.0431 e. The number of alkyl halides is 1. The Hall–Kier alpha value is 0.690. The van der Waals surface area contributed by atoms with Gasteiger partial charge in [0, 0.05) is 11.0 Å². The van der Waals surface area contributed by atoms with E-state index in [0.29, 0.717) is 6.61 Å². The van der Waals surface area contributed by atoms with Crippen LogP contribution in [0.1, 0.15) is 26.2 Å². The average Bonchev–Trinajstić information content (AvgIpc) is 1.89. The van der Waals surface area contributed by atoms with Crippen LogP contribution in [0.25, 0.3) is 0 Å². The highest BCUT2D eigenvalue weighted by molar-refractivity contribution is 14.1. The van der Waals surface area contributed by atoms with Gasteiger partial charge in [0.05, 0.1) is 0 Å². The van der Waals surface area contributed by atoms with Crippen LogP contribution in [0.5, 0.6) is 0 Å². The summed E-state index contributed by atoms with van der Waals surface area (Å²) in [7, 11) is 0. The van der Waals surface area contributed by atoms with Crippen LogP contribution in [0.3, 0.4) is 0 Å². The van der Waals surface area contributed by atoms with Gasteiger partial charge in [0.25, 0.3) is 0 Å². The van der Waals surface area contributed by atoms with Gasteiger partial charge in [0.2, 0.25) is 0 Å². The first kappa shape index (κ1) is 9.69. The number of unbranched alkanes of at least 4 members (excludes halogenated alkanes) is 1. The van der Waals surface area contributed by atoms with Gasteiger partial charge >= 0.3 is 0 Å². The molecule has 0 aromatic carbocycles. The SMILES string of the molecule is C[C@@H](CI)CCCCO. The van der Waals surface area contributed by atoms with Crippen molar-refractivity contribution in [3.8, 4) is 0 Å². The van der Waals surface area contributed by atoms with Crippen molar-refractivity contribution in [2.24, 2.45) is 5.92 Å². The van der Waals surface area contributed by atoms with Gasteiger partial charge in [-0.25, -0.2) is 0 Å². The Labute approximate surface area is 71.0 Å². The largest absolute Gasteiger partial charge is 0.396 e. The fourth-order valence-corrected chi connectivity index (χ4v) is 1.12. The highest BCUT2D eigenvalue weighted by Gasteiger charge is 1.97. The first-order valence-corrected chi connectivity index (χ1v) is 5.00. The molecule has 1 N–H and O–H groups in total. The van der Waals surface area contributed by atoms with Crippen LogP contribution in [0, 0.1) is 5.92 Å². The molecule has 0 aliphatic carbocycles. The van der Waals surface area contributed by atoms with Crippen molar-refractivity contribution in [2.45, 2.75) is 26.2 Å². The van der Waals surface area contributed by atoms with Crippen molar-refractivity contribution in [1.82, 2.24) is 0 Å². The molecule has 0 radical (unpaired) electrons. The highest BCUT2D eigenvalue weighted by atomic mass is 127. The molecule has 0 saturated heterocycles. The Morgan fingerprint density at radius 2 is 2.11 bits per heavy atom. The van der Waals surface area contributed by atoms with Crippen molar-refractivity contribution in [3.05, 3.63) is 0 Å². The molecule has 0 aliphatic rings. The third-order valence-corrected chi connectivity index (χ3v) is 2.87. The van der Waals surface area contributed by atoms with E-state index in [0.717, 1.165) is 12.3 Å². The molecule has 0 aliphatic heterocycles. The summed E-state index contributed by atoms with van der Waals surface area (Å²) in [5, 5.41) is 8.45. The van der Waals surface area contributed by atoms with E-state index < -0.39 is 0 Å². The van der Waals surface area contributed by atoms with Crippen molar-refractivity contribution in [2.75, 3.05) is 11.0 Å². The molecular weight excluding hydrogens is 227 g/mol. The number of aliphatic hydroxyl groups is 1. The zero-order chi connectivity index (χ0) is 7.11. The number of rotatable bonds is 5. The lowest BCUT2D eigenvalue weighted by Crippen LogP contribution is -1.95. The van der Waals surface area contributed by atoms with E-state index in [-0.39, 0.29) is 0 Å². The maximum absolute atomic E-state index is 8.45. The molecule has 0 amide bonds. The molecule has 0 saturated carbocycles. The average molecular weight is 242 g/mol. The summed E-state index contributed by atoms with van der Waals surface area (Å²) >= 11 is 2.40. The van der Waals surface area contributed by atoms with Gasteiger partial charge in [0.15, 0.2) is 0 Å². The summed E-state index contributed by atoms with van der Waals surface area (Å²) in [6.45, 7) is 2.61. The van der Waals surface area contributed by atoms with Crippen LogP contribution in [0.4, 0.5) is 0 Å². The maximum atomic E-state index is 8.45. The number of hydrogen-bond donors (Lipinski definition) is 1. The Bertz CT molecular complexity index is 56.9. The van der Waals surface area contributed by atoms with Crippen LogP contribution < -0.4 is 0 Å². The third kappa shape index (κ3) is 6.58. The smallest absolute Gasteiger partial charge is 0.0431 e. The van der Waals surface area contributed by atoms with E-state index >= 15 is 0 Å². The van der Waals surface area contributed by atoms with Gasteiger partial charge in [-0.2, -0.15) is 0 Å². The Morgan fingerprint density at radius 1 is 1.44 bits per heavy atom. The van der Waals surface area contributed by atoms with Gasteiger partial charge in [-0.1, -0.05) is 35.9 Å². The monoisotopic (exact) mass is 242 g/mol. The molecule has 0 heterocycles. The first-order valence-electron chi connectivity index (χ1n) is 3.48. The molecule has 2 heteroatoms. The number of aliphatic hydroxyl groups excluding tert-OH is 1. The van der Waals surface area contributed by atoms with Gasteiger partial charge in [-0.3, -0.25) is 0 Å². The van der Waals surface area contributed by atoms with Crippen molar-refractivity contribution in [3.63, 3.8) is 0 Å². The van der Waals surface area contributed by atoms with Crippen molar-refractivity contribution < 1.29 is 5.11 Å². The second kappa shape index (κ2) is 6.81. The lowest BCUT2D eigenvalue weighted by molar-refractivity contribution is 0.280. The topological polar surface area (TPSA) is 20.2 Å². The predicted octanol–water partition coefficient (Wildman–Crippen LogP) is 2.22. The molecule has 0 spiro atoms. The third-order valence-electron chi connectivity index (χ3n) is 1.37. The van der Waals surface area contributed by atoms with E-state index in [4.69, 9.17) is 5.11 Å². The summed E-state index contributed by atoms with van der Waals surface area (Å²) in [6, 6.07) is 0. The molecule has 56 valence electrons. The minimum Gasteiger partial charge on any atom is -0.396 e. The van der Waals surface area contributed by atoms with Crippen LogP contribution in [-0.4, -0.2) is 16.1 Å². The van der Waals surface area contributed by atoms with Gasteiger partial charge < -0.3 is 5.11 Å². The fraction of sp³-hybridized carbons (Fsp3) is 1.00. The minimum atomic E-state index is 0.355. The van der Waals surface area contributed by atoms with Crippen LogP contribution in [-0.2, 0) is 0 Å². The van der Waals surface area contributed by atoms with Crippen molar-refractivity contribution in [1.29, 1.82) is 0 Å². The standard InChI is InChI=1S/C7H15IO/c1-7(6-8)4-2-3-5-9/h7,9H,2-6H2,1H3/t7-/m1/s1. The molecule has 0 rings (SSSR count). The number of hydrogen-bond acceptors (Lipinski definition) is 1. The second-order valence-electron chi connectivity index (χ2n) is 2.48. The fourth-order valence-electron chi connectivity index (χ4n) is 0.682. The zero-order valence-electron chi connectivity index (χ0n) is 5.94. The Kier molecular flexibility index (Phi) is 7.33. The zero-order valence-corrected chi connectivity index (χ0v) is 8.10. The molecule has 0 bridgehead atoms. The van der Waals surface area contributed by atoms with E-state index in [1.165, 1.54) is 17.3 Å². The summed E-state index contributed by atoms with van der Waals surface area (Å²) in [6.07, 6.45) is 3.42.